The third kappa shape index (κ3) is 2.93. The molecule has 4 rings (SSSR count). The van der Waals surface area contributed by atoms with E-state index in [0.29, 0.717) is 18.4 Å². The maximum absolute atomic E-state index is 13.9. The molecule has 0 radical (unpaired) electrons. The van der Waals surface area contributed by atoms with Gasteiger partial charge in [0.25, 0.3) is 5.91 Å². The average Bonchev–Trinajstić information content (AvgIpc) is 3.17. The van der Waals surface area contributed by atoms with E-state index in [1.807, 2.05) is 0 Å². The molecule has 0 aliphatic carbocycles. The quantitative estimate of drug-likeness (QED) is 0.926. The van der Waals surface area contributed by atoms with Crippen LogP contribution in [0.15, 0.2) is 35.1 Å². The summed E-state index contributed by atoms with van der Waals surface area (Å²) in [6.07, 6.45) is 3.78. The molecule has 2 aliphatic heterocycles. The number of hydrogen-bond acceptors (Lipinski definition) is 4. The molecule has 5 nitrogen and oxygen atoms in total. The Kier molecular flexibility index (Phi) is 3.83. The number of carbonyl (C=O) groups excluding carboxylic acids is 1. The first kappa shape index (κ1) is 16.2. The van der Waals surface area contributed by atoms with Gasteiger partial charge in [-0.2, -0.15) is 0 Å². The van der Waals surface area contributed by atoms with E-state index < -0.39 is 17.2 Å². The first-order chi connectivity index (χ1) is 12.0. The van der Waals surface area contributed by atoms with Crippen LogP contribution >= 0.6 is 0 Å². The van der Waals surface area contributed by atoms with Crippen LogP contribution in [-0.2, 0) is 6.42 Å². The van der Waals surface area contributed by atoms with E-state index in [-0.39, 0.29) is 30.1 Å². The second-order valence-corrected chi connectivity index (χ2v) is 7.03. The Bertz CT molecular complexity index is 780. The number of aliphatic hydroxyl groups is 1. The number of carbonyl (C=O) groups is 1. The SMILES string of the molecule is O=C(c1ccon1)N1[C@H]2CC[C@H]1CC(O)(Cc1ccc(F)cc1F)C2. The lowest BCUT2D eigenvalue weighted by atomic mass is 9.81. The molecular weight excluding hydrogens is 330 g/mol. The molecule has 2 atom stereocenters. The van der Waals surface area contributed by atoms with Crippen molar-refractivity contribution in [1.82, 2.24) is 10.1 Å². The summed E-state index contributed by atoms with van der Waals surface area (Å²) >= 11 is 0. The summed E-state index contributed by atoms with van der Waals surface area (Å²) in [7, 11) is 0. The van der Waals surface area contributed by atoms with Crippen molar-refractivity contribution in [2.24, 2.45) is 0 Å². The largest absolute Gasteiger partial charge is 0.389 e. The van der Waals surface area contributed by atoms with Crippen molar-refractivity contribution in [1.29, 1.82) is 0 Å². The number of amides is 1. The molecule has 7 heteroatoms. The number of aromatic nitrogens is 1. The number of piperidine rings is 1. The minimum atomic E-state index is -1.11. The van der Waals surface area contributed by atoms with Crippen molar-refractivity contribution in [3.05, 3.63) is 53.4 Å². The lowest BCUT2D eigenvalue weighted by Crippen LogP contribution is -2.54. The molecule has 1 N–H and O–H groups in total. The summed E-state index contributed by atoms with van der Waals surface area (Å²) in [5.74, 6) is -1.49. The second kappa shape index (κ2) is 5.91. The molecule has 0 spiro atoms. The Morgan fingerprint density at radius 2 is 2.00 bits per heavy atom. The number of halogens is 2. The van der Waals surface area contributed by atoms with Gasteiger partial charge in [0.15, 0.2) is 5.69 Å². The highest BCUT2D eigenvalue weighted by Crippen LogP contribution is 2.43. The van der Waals surface area contributed by atoms with Gasteiger partial charge in [-0.25, -0.2) is 8.78 Å². The molecule has 3 heterocycles. The fourth-order valence-corrected chi connectivity index (χ4v) is 4.27. The zero-order valence-electron chi connectivity index (χ0n) is 13.5. The predicted octanol–water partition coefficient (Wildman–Crippen LogP) is 2.69. The molecule has 0 unspecified atom stereocenters. The van der Waals surface area contributed by atoms with E-state index in [1.54, 1.807) is 4.90 Å². The van der Waals surface area contributed by atoms with Crippen LogP contribution in [-0.4, -0.2) is 38.8 Å². The number of hydrogen-bond donors (Lipinski definition) is 1. The molecule has 1 amide bonds. The van der Waals surface area contributed by atoms with Crippen LogP contribution in [0.2, 0.25) is 0 Å². The lowest BCUT2D eigenvalue weighted by molar-refractivity contribution is -0.0433. The molecule has 25 heavy (non-hydrogen) atoms. The minimum Gasteiger partial charge on any atom is -0.389 e. The van der Waals surface area contributed by atoms with Gasteiger partial charge in [0.2, 0.25) is 0 Å². The summed E-state index contributed by atoms with van der Waals surface area (Å²) < 4.78 is 31.8. The van der Waals surface area contributed by atoms with Gasteiger partial charge in [0.05, 0.1) is 5.60 Å². The van der Waals surface area contributed by atoms with E-state index in [2.05, 4.69) is 5.16 Å². The van der Waals surface area contributed by atoms with Gasteiger partial charge in [0.1, 0.15) is 17.9 Å². The number of rotatable bonds is 3. The highest BCUT2D eigenvalue weighted by Gasteiger charge is 2.49. The minimum absolute atomic E-state index is 0.109. The summed E-state index contributed by atoms with van der Waals surface area (Å²) in [6.45, 7) is 0. The molecule has 2 aliphatic rings. The summed E-state index contributed by atoms with van der Waals surface area (Å²) in [5.41, 5.74) is -0.558. The third-order valence-corrected chi connectivity index (χ3v) is 5.28. The molecule has 0 saturated carbocycles. The fraction of sp³-hybridized carbons (Fsp3) is 0.444. The van der Waals surface area contributed by atoms with Gasteiger partial charge in [-0.15, -0.1) is 0 Å². The Balaban J connectivity index is 1.53. The molecular formula is C18H18F2N2O3. The summed E-state index contributed by atoms with van der Waals surface area (Å²) in [4.78, 5) is 14.4. The topological polar surface area (TPSA) is 66.6 Å². The van der Waals surface area contributed by atoms with Gasteiger partial charge in [-0.05, 0) is 37.3 Å². The van der Waals surface area contributed by atoms with Crippen LogP contribution in [0.3, 0.4) is 0 Å². The summed E-state index contributed by atoms with van der Waals surface area (Å²) in [6, 6.07) is 4.69. The Morgan fingerprint density at radius 1 is 1.28 bits per heavy atom. The van der Waals surface area contributed by atoms with Crippen molar-refractivity contribution < 1.29 is 23.2 Å². The molecule has 2 aromatic rings. The molecule has 2 bridgehead atoms. The molecule has 2 fully saturated rings. The molecule has 1 aromatic heterocycles. The zero-order valence-corrected chi connectivity index (χ0v) is 13.5. The van der Waals surface area contributed by atoms with Crippen LogP contribution in [0.1, 0.15) is 41.7 Å². The van der Waals surface area contributed by atoms with Gasteiger partial charge in [0, 0.05) is 30.6 Å². The van der Waals surface area contributed by atoms with Gasteiger partial charge < -0.3 is 14.5 Å². The number of fused-ring (bicyclic) bond motifs is 2. The van der Waals surface area contributed by atoms with E-state index in [0.717, 1.165) is 18.9 Å². The monoisotopic (exact) mass is 348 g/mol. The van der Waals surface area contributed by atoms with Gasteiger partial charge in [-0.1, -0.05) is 11.2 Å². The summed E-state index contributed by atoms with van der Waals surface area (Å²) in [5, 5.41) is 14.7. The second-order valence-electron chi connectivity index (χ2n) is 7.03. The Morgan fingerprint density at radius 3 is 2.60 bits per heavy atom. The van der Waals surface area contributed by atoms with Crippen LogP contribution in [0.5, 0.6) is 0 Å². The Hall–Kier alpha value is -2.28. The number of nitrogens with zero attached hydrogens (tertiary/aromatic N) is 2. The normalized spacial score (nSPS) is 28.4. The first-order valence-electron chi connectivity index (χ1n) is 8.34. The molecule has 1 aromatic carbocycles. The first-order valence-corrected chi connectivity index (χ1v) is 8.34. The average molecular weight is 348 g/mol. The van der Waals surface area contributed by atoms with Crippen LogP contribution in [0.25, 0.3) is 0 Å². The van der Waals surface area contributed by atoms with E-state index in [1.165, 1.54) is 24.5 Å². The highest BCUT2D eigenvalue weighted by atomic mass is 19.1. The smallest absolute Gasteiger partial charge is 0.276 e. The van der Waals surface area contributed by atoms with Crippen molar-refractivity contribution in [2.45, 2.75) is 49.8 Å². The van der Waals surface area contributed by atoms with Gasteiger partial charge >= 0.3 is 0 Å². The van der Waals surface area contributed by atoms with Crippen molar-refractivity contribution in [3.8, 4) is 0 Å². The van der Waals surface area contributed by atoms with E-state index in [9.17, 15) is 18.7 Å². The zero-order chi connectivity index (χ0) is 17.6. The highest BCUT2D eigenvalue weighted by molar-refractivity contribution is 5.92. The van der Waals surface area contributed by atoms with Crippen molar-refractivity contribution in [3.63, 3.8) is 0 Å². The maximum Gasteiger partial charge on any atom is 0.276 e. The lowest BCUT2D eigenvalue weighted by Gasteiger charge is -2.43. The van der Waals surface area contributed by atoms with E-state index in [4.69, 9.17) is 4.52 Å². The van der Waals surface area contributed by atoms with Crippen molar-refractivity contribution in [2.75, 3.05) is 0 Å². The Labute approximate surface area is 143 Å². The fourth-order valence-electron chi connectivity index (χ4n) is 4.27. The van der Waals surface area contributed by atoms with Crippen molar-refractivity contribution >= 4 is 5.91 Å². The maximum atomic E-state index is 13.9. The standard InChI is InChI=1S/C18H18F2N2O3/c19-12-2-1-11(15(20)7-12)8-18(24)9-13-3-4-14(10-18)22(13)17(23)16-5-6-25-21-16/h1-2,5-7,13-14,24H,3-4,8-10H2/t13-,14-/m0/s1. The number of benzene rings is 1. The predicted molar refractivity (Wildman–Crippen MR) is 83.7 cm³/mol. The van der Waals surface area contributed by atoms with Gasteiger partial charge in [-0.3, -0.25) is 4.79 Å². The molecule has 132 valence electrons. The van der Waals surface area contributed by atoms with Crippen LogP contribution in [0, 0.1) is 11.6 Å². The third-order valence-electron chi connectivity index (χ3n) is 5.28. The van der Waals surface area contributed by atoms with E-state index >= 15 is 0 Å². The van der Waals surface area contributed by atoms with Crippen LogP contribution in [0.4, 0.5) is 8.78 Å². The van der Waals surface area contributed by atoms with Crippen LogP contribution < -0.4 is 0 Å². The molecule has 2 saturated heterocycles.